The third kappa shape index (κ3) is 1.03. The summed E-state index contributed by atoms with van der Waals surface area (Å²) >= 11 is 2.32. The van der Waals surface area contributed by atoms with Gasteiger partial charge < -0.3 is 4.40 Å². The molecule has 0 N–H and O–H groups in total. The van der Waals surface area contributed by atoms with Crippen LogP contribution in [0.2, 0.25) is 0 Å². The summed E-state index contributed by atoms with van der Waals surface area (Å²) in [5, 5.41) is 0. The van der Waals surface area contributed by atoms with Crippen LogP contribution in [0.4, 0.5) is 0 Å². The number of aromatic nitrogens is 2. The van der Waals surface area contributed by atoms with Gasteiger partial charge in [0.25, 0.3) is 0 Å². The molecule has 0 saturated carbocycles. The van der Waals surface area contributed by atoms with Gasteiger partial charge in [0.05, 0.1) is 3.57 Å². The van der Waals surface area contributed by atoms with Crippen molar-refractivity contribution in [2.45, 2.75) is 6.92 Å². The van der Waals surface area contributed by atoms with Crippen molar-refractivity contribution < 1.29 is 0 Å². The molecule has 56 valence electrons. The highest BCUT2D eigenvalue weighted by molar-refractivity contribution is 14.1. The predicted molar refractivity (Wildman–Crippen MR) is 52.6 cm³/mol. The van der Waals surface area contributed by atoms with Gasteiger partial charge in [0, 0.05) is 18.6 Å². The number of rotatable bonds is 0. The Kier molecular flexibility index (Phi) is 1.60. The van der Waals surface area contributed by atoms with E-state index in [9.17, 15) is 0 Å². The van der Waals surface area contributed by atoms with Crippen molar-refractivity contribution in [3.05, 3.63) is 33.8 Å². The number of imidazole rings is 1. The fraction of sp³-hybridized carbons (Fsp3) is 0.125. The molecular formula is C8H7IN2. The molecule has 0 unspecified atom stereocenters. The van der Waals surface area contributed by atoms with Crippen molar-refractivity contribution in [1.29, 1.82) is 0 Å². The number of aryl methyl sites for hydroxylation is 1. The molecule has 0 aliphatic rings. The summed E-state index contributed by atoms with van der Waals surface area (Å²) in [5.41, 5.74) is 2.33. The van der Waals surface area contributed by atoms with Gasteiger partial charge in [-0.05, 0) is 41.1 Å². The van der Waals surface area contributed by atoms with Crippen LogP contribution in [0, 0.1) is 10.5 Å². The molecule has 2 aromatic heterocycles. The number of pyridine rings is 1. The van der Waals surface area contributed by atoms with E-state index in [-0.39, 0.29) is 0 Å². The van der Waals surface area contributed by atoms with Crippen molar-refractivity contribution >= 4 is 28.2 Å². The first-order valence-electron chi connectivity index (χ1n) is 3.37. The Bertz CT molecular complexity index is 392. The number of hydrogen-bond acceptors (Lipinski definition) is 1. The lowest BCUT2D eigenvalue weighted by Crippen LogP contribution is -1.88. The average molecular weight is 258 g/mol. The van der Waals surface area contributed by atoms with Gasteiger partial charge >= 0.3 is 0 Å². The minimum Gasteiger partial charge on any atom is -0.306 e. The highest BCUT2D eigenvalue weighted by Gasteiger charge is 2.00. The van der Waals surface area contributed by atoms with Gasteiger partial charge in [-0.15, -0.1) is 0 Å². The molecule has 0 aliphatic carbocycles. The maximum absolute atomic E-state index is 4.23. The molecule has 3 heteroatoms. The van der Waals surface area contributed by atoms with Gasteiger partial charge in [-0.3, -0.25) is 0 Å². The zero-order valence-electron chi connectivity index (χ0n) is 6.08. The van der Waals surface area contributed by atoms with E-state index in [0.29, 0.717) is 0 Å². The second-order valence-corrected chi connectivity index (χ2v) is 3.55. The lowest BCUT2D eigenvalue weighted by molar-refractivity contribution is 1.16. The van der Waals surface area contributed by atoms with Crippen LogP contribution < -0.4 is 0 Å². The van der Waals surface area contributed by atoms with Gasteiger partial charge in [0.1, 0.15) is 5.65 Å². The SMILES string of the molecule is Cc1ccn2ccnc2c1I. The number of nitrogens with zero attached hydrogens (tertiary/aromatic N) is 2. The van der Waals surface area contributed by atoms with Gasteiger partial charge in [0.2, 0.25) is 0 Å². The van der Waals surface area contributed by atoms with Crippen LogP contribution in [0.25, 0.3) is 5.65 Å². The Hall–Kier alpha value is -0.580. The van der Waals surface area contributed by atoms with Gasteiger partial charge in [-0.1, -0.05) is 0 Å². The Balaban J connectivity index is 2.93. The van der Waals surface area contributed by atoms with Crippen LogP contribution in [0.3, 0.4) is 0 Å². The minimum absolute atomic E-state index is 1.05. The Morgan fingerprint density at radius 3 is 3.09 bits per heavy atom. The highest BCUT2D eigenvalue weighted by atomic mass is 127. The molecule has 2 aromatic rings. The molecule has 0 fully saturated rings. The lowest BCUT2D eigenvalue weighted by Gasteiger charge is -1.98. The Labute approximate surface area is 78.4 Å². The molecular weight excluding hydrogens is 251 g/mol. The zero-order chi connectivity index (χ0) is 7.84. The highest BCUT2D eigenvalue weighted by Crippen LogP contribution is 2.15. The van der Waals surface area contributed by atoms with Crippen molar-refractivity contribution in [3.63, 3.8) is 0 Å². The molecule has 0 amide bonds. The molecule has 2 heterocycles. The standard InChI is InChI=1S/C8H7IN2/c1-6-2-4-11-5-3-10-8(11)7(6)9/h2-5H,1H3. The first kappa shape index (κ1) is 7.09. The second kappa shape index (κ2) is 2.48. The average Bonchev–Trinajstić information content (AvgIpc) is 2.45. The minimum atomic E-state index is 1.05. The monoisotopic (exact) mass is 258 g/mol. The largest absolute Gasteiger partial charge is 0.306 e. The summed E-state index contributed by atoms with van der Waals surface area (Å²) < 4.78 is 3.25. The fourth-order valence-electron chi connectivity index (χ4n) is 1.04. The Morgan fingerprint density at radius 2 is 2.27 bits per heavy atom. The zero-order valence-corrected chi connectivity index (χ0v) is 8.24. The number of fused-ring (bicyclic) bond motifs is 1. The van der Waals surface area contributed by atoms with Gasteiger partial charge in [-0.25, -0.2) is 4.98 Å². The smallest absolute Gasteiger partial charge is 0.150 e. The molecule has 0 bridgehead atoms. The topological polar surface area (TPSA) is 17.3 Å². The molecule has 0 aromatic carbocycles. The third-order valence-electron chi connectivity index (χ3n) is 1.70. The maximum Gasteiger partial charge on any atom is 0.150 e. The third-order valence-corrected chi connectivity index (χ3v) is 3.03. The summed E-state index contributed by atoms with van der Waals surface area (Å²) in [5.74, 6) is 0. The first-order valence-corrected chi connectivity index (χ1v) is 4.44. The van der Waals surface area contributed by atoms with E-state index in [0.717, 1.165) is 5.65 Å². The Morgan fingerprint density at radius 1 is 1.45 bits per heavy atom. The molecule has 0 aliphatic heterocycles. The molecule has 0 spiro atoms. The summed E-state index contributed by atoms with van der Waals surface area (Å²) in [6.45, 7) is 2.09. The fourth-order valence-corrected chi connectivity index (χ4v) is 1.64. The summed E-state index contributed by atoms with van der Waals surface area (Å²) in [4.78, 5) is 4.23. The van der Waals surface area contributed by atoms with Crippen molar-refractivity contribution in [2.75, 3.05) is 0 Å². The predicted octanol–water partition coefficient (Wildman–Crippen LogP) is 2.25. The number of halogens is 1. The van der Waals surface area contributed by atoms with Gasteiger partial charge in [-0.2, -0.15) is 0 Å². The second-order valence-electron chi connectivity index (χ2n) is 2.47. The molecule has 2 nitrogen and oxygen atoms in total. The summed E-state index contributed by atoms with van der Waals surface area (Å²) in [6, 6.07) is 2.09. The maximum atomic E-state index is 4.23. The van der Waals surface area contributed by atoms with Crippen LogP contribution in [0.15, 0.2) is 24.7 Å². The summed E-state index contributed by atoms with van der Waals surface area (Å²) in [7, 11) is 0. The van der Waals surface area contributed by atoms with Crippen molar-refractivity contribution in [2.24, 2.45) is 0 Å². The molecule has 0 atom stereocenters. The summed E-state index contributed by atoms with van der Waals surface area (Å²) in [6.07, 6.45) is 5.80. The molecule has 0 saturated heterocycles. The first-order chi connectivity index (χ1) is 5.29. The van der Waals surface area contributed by atoms with E-state index >= 15 is 0 Å². The quantitative estimate of drug-likeness (QED) is 0.662. The van der Waals surface area contributed by atoms with E-state index in [1.165, 1.54) is 9.13 Å². The van der Waals surface area contributed by atoms with Crippen LogP contribution >= 0.6 is 22.6 Å². The van der Waals surface area contributed by atoms with Crippen LogP contribution in [-0.4, -0.2) is 9.38 Å². The van der Waals surface area contributed by atoms with Crippen molar-refractivity contribution in [3.8, 4) is 0 Å². The van der Waals surface area contributed by atoms with E-state index in [1.807, 2.05) is 23.0 Å². The van der Waals surface area contributed by atoms with Crippen LogP contribution in [0.5, 0.6) is 0 Å². The molecule has 2 rings (SSSR count). The number of hydrogen-bond donors (Lipinski definition) is 0. The normalized spacial score (nSPS) is 10.7. The van der Waals surface area contributed by atoms with Gasteiger partial charge in [0.15, 0.2) is 0 Å². The molecule has 0 radical (unpaired) electrons. The van der Waals surface area contributed by atoms with Crippen LogP contribution in [-0.2, 0) is 0 Å². The van der Waals surface area contributed by atoms with E-state index in [1.54, 1.807) is 0 Å². The van der Waals surface area contributed by atoms with E-state index in [2.05, 4.69) is 40.6 Å². The van der Waals surface area contributed by atoms with Crippen molar-refractivity contribution in [1.82, 2.24) is 9.38 Å². The lowest BCUT2D eigenvalue weighted by atomic mass is 10.3. The van der Waals surface area contributed by atoms with E-state index < -0.39 is 0 Å². The molecule has 11 heavy (non-hydrogen) atoms. The van der Waals surface area contributed by atoms with Crippen LogP contribution in [0.1, 0.15) is 5.56 Å². The van der Waals surface area contributed by atoms with E-state index in [4.69, 9.17) is 0 Å².